The van der Waals surface area contributed by atoms with Gasteiger partial charge in [-0.25, -0.2) is 13.8 Å². The third-order valence-electron chi connectivity index (χ3n) is 2.77. The summed E-state index contributed by atoms with van der Waals surface area (Å²) in [6.07, 6.45) is 1.06. The molecule has 0 saturated heterocycles. The molecule has 0 aliphatic heterocycles. The molecule has 2 aromatic heterocycles. The van der Waals surface area contributed by atoms with E-state index in [1.807, 2.05) is 0 Å². The standard InChI is InChI=1S/C14H9F2N3OS/c15-10-1-2-12(17-6-10)13-18-14(20-19-13)9-3-8(7-21)4-11(16)5-9/h1-6,21H,7H2. The van der Waals surface area contributed by atoms with E-state index in [1.165, 1.54) is 24.3 Å². The normalized spacial score (nSPS) is 10.8. The Balaban J connectivity index is 1.98. The third kappa shape index (κ3) is 2.92. The quantitative estimate of drug-likeness (QED) is 0.752. The topological polar surface area (TPSA) is 51.8 Å². The lowest BCUT2D eigenvalue weighted by Crippen LogP contribution is -1.88. The van der Waals surface area contributed by atoms with Gasteiger partial charge in [0.15, 0.2) is 0 Å². The lowest BCUT2D eigenvalue weighted by Gasteiger charge is -1.99. The molecule has 2 heterocycles. The number of halogens is 2. The van der Waals surface area contributed by atoms with E-state index in [9.17, 15) is 8.78 Å². The van der Waals surface area contributed by atoms with Crippen molar-refractivity contribution < 1.29 is 13.3 Å². The molecule has 0 radical (unpaired) electrons. The summed E-state index contributed by atoms with van der Waals surface area (Å²) in [5, 5.41) is 3.77. The molecule has 0 spiro atoms. The van der Waals surface area contributed by atoms with E-state index in [2.05, 4.69) is 27.8 Å². The minimum absolute atomic E-state index is 0.165. The first kappa shape index (κ1) is 13.7. The SMILES string of the molecule is Fc1ccc(-c2noc(-c3cc(F)cc(CS)c3)n2)nc1. The van der Waals surface area contributed by atoms with Crippen molar-refractivity contribution in [2.75, 3.05) is 0 Å². The summed E-state index contributed by atoms with van der Waals surface area (Å²) in [5.41, 5.74) is 1.53. The van der Waals surface area contributed by atoms with Crippen molar-refractivity contribution in [3.8, 4) is 23.0 Å². The fraction of sp³-hybridized carbons (Fsp3) is 0.0714. The van der Waals surface area contributed by atoms with Crippen LogP contribution in [0.15, 0.2) is 41.1 Å². The summed E-state index contributed by atoms with van der Waals surface area (Å²) in [4.78, 5) is 8.00. The van der Waals surface area contributed by atoms with Gasteiger partial charge < -0.3 is 4.52 Å². The molecule has 0 atom stereocenters. The van der Waals surface area contributed by atoms with Crippen LogP contribution < -0.4 is 0 Å². The van der Waals surface area contributed by atoms with E-state index in [1.54, 1.807) is 6.07 Å². The van der Waals surface area contributed by atoms with Crippen molar-refractivity contribution in [2.45, 2.75) is 5.75 Å². The van der Waals surface area contributed by atoms with E-state index in [0.717, 1.165) is 6.20 Å². The molecule has 7 heteroatoms. The van der Waals surface area contributed by atoms with Crippen LogP contribution in [-0.4, -0.2) is 15.1 Å². The Morgan fingerprint density at radius 1 is 1.10 bits per heavy atom. The van der Waals surface area contributed by atoms with Gasteiger partial charge in [0.25, 0.3) is 5.89 Å². The molecule has 3 rings (SSSR count). The summed E-state index contributed by atoms with van der Waals surface area (Å²) in [5.74, 6) is -0.0896. The fourth-order valence-electron chi connectivity index (χ4n) is 1.82. The van der Waals surface area contributed by atoms with Crippen LogP contribution in [0, 0.1) is 11.6 Å². The molecular formula is C14H9F2N3OS. The van der Waals surface area contributed by atoms with Crippen molar-refractivity contribution in [1.82, 2.24) is 15.1 Å². The van der Waals surface area contributed by atoms with Crippen LogP contribution >= 0.6 is 12.6 Å². The Bertz CT molecular complexity index is 774. The molecule has 1 aromatic carbocycles. The van der Waals surface area contributed by atoms with Crippen LogP contribution in [0.4, 0.5) is 8.78 Å². The molecule has 0 saturated carbocycles. The number of aromatic nitrogens is 3. The van der Waals surface area contributed by atoms with Gasteiger partial charge in [0.05, 0.1) is 6.20 Å². The number of hydrogen-bond donors (Lipinski definition) is 1. The van der Waals surface area contributed by atoms with Gasteiger partial charge in [0.1, 0.15) is 17.3 Å². The van der Waals surface area contributed by atoms with E-state index < -0.39 is 11.6 Å². The Kier molecular flexibility index (Phi) is 3.66. The Hall–Kier alpha value is -2.28. The van der Waals surface area contributed by atoms with E-state index in [0.29, 0.717) is 22.6 Å². The zero-order chi connectivity index (χ0) is 14.8. The van der Waals surface area contributed by atoms with Gasteiger partial charge in [-0.05, 0) is 35.9 Å². The van der Waals surface area contributed by atoms with Crippen LogP contribution in [-0.2, 0) is 5.75 Å². The number of nitrogens with zero attached hydrogens (tertiary/aromatic N) is 3. The number of benzene rings is 1. The Morgan fingerprint density at radius 3 is 2.67 bits per heavy atom. The van der Waals surface area contributed by atoms with Crippen molar-refractivity contribution in [3.63, 3.8) is 0 Å². The second-order valence-electron chi connectivity index (χ2n) is 4.29. The summed E-state index contributed by atoms with van der Waals surface area (Å²) in [6.45, 7) is 0. The van der Waals surface area contributed by atoms with Crippen LogP contribution in [0.1, 0.15) is 5.56 Å². The minimum Gasteiger partial charge on any atom is -0.334 e. The maximum atomic E-state index is 13.5. The number of pyridine rings is 1. The van der Waals surface area contributed by atoms with Gasteiger partial charge in [-0.3, -0.25) is 0 Å². The van der Waals surface area contributed by atoms with Crippen molar-refractivity contribution in [3.05, 3.63) is 53.7 Å². The molecule has 21 heavy (non-hydrogen) atoms. The van der Waals surface area contributed by atoms with E-state index >= 15 is 0 Å². The lowest BCUT2D eigenvalue weighted by atomic mass is 10.1. The summed E-state index contributed by atoms with van der Waals surface area (Å²) in [6, 6.07) is 7.08. The second-order valence-corrected chi connectivity index (χ2v) is 4.61. The summed E-state index contributed by atoms with van der Waals surface area (Å²) in [7, 11) is 0. The first-order valence-electron chi connectivity index (χ1n) is 6.02. The zero-order valence-electron chi connectivity index (χ0n) is 10.6. The second kappa shape index (κ2) is 5.61. The molecule has 0 N–H and O–H groups in total. The Morgan fingerprint density at radius 2 is 1.95 bits per heavy atom. The van der Waals surface area contributed by atoms with Gasteiger partial charge in [0, 0.05) is 11.3 Å². The number of hydrogen-bond acceptors (Lipinski definition) is 5. The average molecular weight is 305 g/mol. The van der Waals surface area contributed by atoms with Crippen LogP contribution in [0.3, 0.4) is 0 Å². The summed E-state index contributed by atoms with van der Waals surface area (Å²) >= 11 is 4.11. The molecule has 106 valence electrons. The van der Waals surface area contributed by atoms with Crippen molar-refractivity contribution >= 4 is 12.6 Å². The van der Waals surface area contributed by atoms with Gasteiger partial charge in [0.2, 0.25) is 5.82 Å². The lowest BCUT2D eigenvalue weighted by molar-refractivity contribution is 0.431. The van der Waals surface area contributed by atoms with Crippen molar-refractivity contribution in [1.29, 1.82) is 0 Å². The smallest absolute Gasteiger partial charge is 0.258 e. The third-order valence-corrected chi connectivity index (χ3v) is 3.13. The molecule has 0 aliphatic carbocycles. The molecule has 0 amide bonds. The molecular weight excluding hydrogens is 296 g/mol. The van der Waals surface area contributed by atoms with E-state index in [4.69, 9.17) is 4.52 Å². The first-order valence-corrected chi connectivity index (χ1v) is 6.65. The van der Waals surface area contributed by atoms with Gasteiger partial charge in [-0.15, -0.1) is 0 Å². The Labute approximate surface area is 124 Å². The number of thiol groups is 1. The minimum atomic E-state index is -0.453. The highest BCUT2D eigenvalue weighted by atomic mass is 32.1. The monoisotopic (exact) mass is 305 g/mol. The predicted octanol–water partition coefficient (Wildman–Crippen LogP) is 3.51. The van der Waals surface area contributed by atoms with Gasteiger partial charge in [-0.2, -0.15) is 17.6 Å². The first-order chi connectivity index (χ1) is 10.2. The van der Waals surface area contributed by atoms with Crippen LogP contribution in [0.5, 0.6) is 0 Å². The maximum absolute atomic E-state index is 13.5. The average Bonchev–Trinajstić information content (AvgIpc) is 2.97. The molecule has 4 nitrogen and oxygen atoms in total. The fourth-order valence-corrected chi connectivity index (χ4v) is 2.00. The van der Waals surface area contributed by atoms with Crippen molar-refractivity contribution in [2.24, 2.45) is 0 Å². The maximum Gasteiger partial charge on any atom is 0.258 e. The molecule has 0 fully saturated rings. The predicted molar refractivity (Wildman–Crippen MR) is 75.6 cm³/mol. The van der Waals surface area contributed by atoms with Crippen LogP contribution in [0.25, 0.3) is 23.0 Å². The van der Waals surface area contributed by atoms with Gasteiger partial charge in [-0.1, -0.05) is 5.16 Å². The highest BCUT2D eigenvalue weighted by Gasteiger charge is 2.13. The van der Waals surface area contributed by atoms with Crippen LogP contribution in [0.2, 0.25) is 0 Å². The highest BCUT2D eigenvalue weighted by molar-refractivity contribution is 7.79. The molecule has 0 unspecified atom stereocenters. The summed E-state index contributed by atoms with van der Waals surface area (Å²) < 4.78 is 31.4. The van der Waals surface area contributed by atoms with Gasteiger partial charge >= 0.3 is 0 Å². The molecule has 0 bridgehead atoms. The molecule has 0 aliphatic rings. The zero-order valence-corrected chi connectivity index (χ0v) is 11.5. The van der Waals surface area contributed by atoms with E-state index in [-0.39, 0.29) is 11.7 Å². The molecule has 3 aromatic rings. The largest absolute Gasteiger partial charge is 0.334 e. The number of rotatable bonds is 3. The highest BCUT2D eigenvalue weighted by Crippen LogP contribution is 2.23.